The van der Waals surface area contributed by atoms with Crippen LogP contribution in [0.25, 0.3) is 0 Å². The maximum absolute atomic E-state index is 12.1. The Morgan fingerprint density at radius 2 is 1.88 bits per heavy atom. The van der Waals surface area contributed by atoms with Crippen molar-refractivity contribution in [2.75, 3.05) is 13.2 Å². The second-order valence-electron chi connectivity index (χ2n) is 5.21. The van der Waals surface area contributed by atoms with Crippen LogP contribution in [0.15, 0.2) is 67.3 Å². The van der Waals surface area contributed by atoms with Crippen molar-refractivity contribution >= 4 is 5.91 Å². The summed E-state index contributed by atoms with van der Waals surface area (Å²) in [5.74, 6) is 0.684. The molecule has 0 aliphatic rings. The number of nitrogens with one attached hydrogen (secondary N) is 1. The first-order chi connectivity index (χ1) is 11.8. The van der Waals surface area contributed by atoms with Gasteiger partial charge in [0.15, 0.2) is 0 Å². The molecular weight excluding hydrogens is 304 g/mol. The van der Waals surface area contributed by atoms with Gasteiger partial charge < -0.3 is 10.1 Å². The van der Waals surface area contributed by atoms with Gasteiger partial charge in [-0.1, -0.05) is 30.3 Å². The van der Waals surface area contributed by atoms with E-state index < -0.39 is 0 Å². The molecule has 3 rings (SSSR count). The summed E-state index contributed by atoms with van der Waals surface area (Å²) in [5.41, 5.74) is 1.68. The lowest BCUT2D eigenvalue weighted by molar-refractivity contribution is 0.0947. The van der Waals surface area contributed by atoms with Crippen molar-refractivity contribution < 1.29 is 9.53 Å². The van der Waals surface area contributed by atoms with Crippen molar-refractivity contribution in [1.82, 2.24) is 20.1 Å². The zero-order valence-corrected chi connectivity index (χ0v) is 13.1. The molecule has 1 aromatic heterocycles. The molecule has 0 atom stereocenters. The first-order valence-corrected chi connectivity index (χ1v) is 7.69. The Morgan fingerprint density at radius 3 is 2.58 bits per heavy atom. The third kappa shape index (κ3) is 4.42. The van der Waals surface area contributed by atoms with Gasteiger partial charge in [0.2, 0.25) is 0 Å². The van der Waals surface area contributed by atoms with E-state index in [1.807, 2.05) is 42.5 Å². The van der Waals surface area contributed by atoms with Gasteiger partial charge in [0.05, 0.1) is 13.1 Å². The number of hydrogen-bond donors (Lipinski definition) is 1. The first-order valence-electron chi connectivity index (χ1n) is 7.69. The fourth-order valence-corrected chi connectivity index (χ4v) is 2.22. The van der Waals surface area contributed by atoms with Crippen LogP contribution in [0.5, 0.6) is 5.75 Å². The molecule has 1 amide bonds. The first kappa shape index (κ1) is 15.7. The number of para-hydroxylation sites is 1. The van der Waals surface area contributed by atoms with Gasteiger partial charge in [-0.2, -0.15) is 5.10 Å². The van der Waals surface area contributed by atoms with Crippen LogP contribution in [-0.2, 0) is 6.54 Å². The molecular formula is C18H18N4O2. The fourth-order valence-electron chi connectivity index (χ4n) is 2.22. The van der Waals surface area contributed by atoms with Gasteiger partial charge in [-0.25, -0.2) is 9.67 Å². The quantitative estimate of drug-likeness (QED) is 0.677. The Labute approximate surface area is 140 Å². The highest BCUT2D eigenvalue weighted by Crippen LogP contribution is 2.08. The number of amides is 1. The molecule has 0 saturated heterocycles. The van der Waals surface area contributed by atoms with Gasteiger partial charge in [-0.15, -0.1) is 0 Å². The molecule has 122 valence electrons. The lowest BCUT2D eigenvalue weighted by Gasteiger charge is -2.08. The highest BCUT2D eigenvalue weighted by Gasteiger charge is 2.05. The number of rotatable bonds is 7. The van der Waals surface area contributed by atoms with Gasteiger partial charge in [0.1, 0.15) is 25.0 Å². The van der Waals surface area contributed by atoms with Crippen LogP contribution in [0.3, 0.4) is 0 Å². The molecule has 0 aliphatic carbocycles. The molecule has 1 heterocycles. The lowest BCUT2D eigenvalue weighted by Crippen LogP contribution is -2.28. The number of carbonyl (C=O) groups excluding carboxylic acids is 1. The lowest BCUT2D eigenvalue weighted by atomic mass is 10.1. The molecule has 3 aromatic rings. The van der Waals surface area contributed by atoms with Gasteiger partial charge >= 0.3 is 0 Å². The molecule has 0 saturated carbocycles. The molecule has 24 heavy (non-hydrogen) atoms. The van der Waals surface area contributed by atoms with E-state index in [9.17, 15) is 4.79 Å². The number of hydrogen-bond acceptors (Lipinski definition) is 4. The smallest absolute Gasteiger partial charge is 0.251 e. The highest BCUT2D eigenvalue weighted by molar-refractivity contribution is 5.94. The molecule has 1 N–H and O–H groups in total. The molecule has 0 fully saturated rings. The normalized spacial score (nSPS) is 10.3. The van der Waals surface area contributed by atoms with Crippen LogP contribution in [0.2, 0.25) is 0 Å². The number of carbonyl (C=O) groups is 1. The summed E-state index contributed by atoms with van der Waals surface area (Å²) in [6.07, 6.45) is 3.16. The van der Waals surface area contributed by atoms with Crippen molar-refractivity contribution in [3.63, 3.8) is 0 Å². The van der Waals surface area contributed by atoms with E-state index in [-0.39, 0.29) is 5.91 Å². The maximum Gasteiger partial charge on any atom is 0.251 e. The summed E-state index contributed by atoms with van der Waals surface area (Å²) in [6.45, 7) is 1.52. The average molecular weight is 322 g/mol. The van der Waals surface area contributed by atoms with E-state index in [2.05, 4.69) is 15.4 Å². The van der Waals surface area contributed by atoms with Gasteiger partial charge in [0, 0.05) is 5.56 Å². The molecule has 0 unspecified atom stereocenters. The Kier molecular flexibility index (Phi) is 5.19. The Balaban J connectivity index is 1.44. The van der Waals surface area contributed by atoms with Crippen LogP contribution in [0.1, 0.15) is 15.9 Å². The minimum atomic E-state index is -0.112. The van der Waals surface area contributed by atoms with Crippen molar-refractivity contribution in [2.45, 2.75) is 6.54 Å². The predicted molar refractivity (Wildman–Crippen MR) is 89.8 cm³/mol. The molecule has 6 heteroatoms. The van der Waals surface area contributed by atoms with Gasteiger partial charge in [-0.3, -0.25) is 4.79 Å². The predicted octanol–water partition coefficient (Wildman–Crippen LogP) is 2.14. The van der Waals surface area contributed by atoms with E-state index >= 15 is 0 Å². The SMILES string of the molecule is O=C(NCCOc1ccccc1)c1ccc(Cn2cncn2)cc1. The van der Waals surface area contributed by atoms with Gasteiger partial charge in [-0.05, 0) is 29.8 Å². The van der Waals surface area contributed by atoms with E-state index in [1.165, 1.54) is 6.33 Å². The molecule has 0 aliphatic heterocycles. The van der Waals surface area contributed by atoms with E-state index in [4.69, 9.17) is 4.74 Å². The van der Waals surface area contributed by atoms with Crippen LogP contribution in [0.4, 0.5) is 0 Å². The number of ether oxygens (including phenoxy) is 1. The average Bonchev–Trinajstić information content (AvgIpc) is 3.13. The van der Waals surface area contributed by atoms with Crippen LogP contribution >= 0.6 is 0 Å². The molecule has 0 radical (unpaired) electrons. The topological polar surface area (TPSA) is 69.0 Å². The summed E-state index contributed by atoms with van der Waals surface area (Å²) in [7, 11) is 0. The zero-order valence-electron chi connectivity index (χ0n) is 13.1. The number of benzene rings is 2. The fraction of sp³-hybridized carbons (Fsp3) is 0.167. The summed E-state index contributed by atoms with van der Waals surface area (Å²) >= 11 is 0. The standard InChI is InChI=1S/C18H18N4O2/c23-18(20-10-11-24-17-4-2-1-3-5-17)16-8-6-15(7-9-16)12-22-14-19-13-21-22/h1-9,13-14H,10-12H2,(H,20,23). The van der Waals surface area contributed by atoms with Crippen molar-refractivity contribution in [3.05, 3.63) is 78.4 Å². The van der Waals surface area contributed by atoms with E-state index in [1.54, 1.807) is 23.1 Å². The Bertz CT molecular complexity index is 755. The Hall–Kier alpha value is -3.15. The number of nitrogens with zero attached hydrogens (tertiary/aromatic N) is 3. The third-order valence-corrected chi connectivity index (χ3v) is 3.43. The van der Waals surface area contributed by atoms with Crippen LogP contribution in [0, 0.1) is 0 Å². The number of aromatic nitrogens is 3. The maximum atomic E-state index is 12.1. The summed E-state index contributed by atoms with van der Waals surface area (Å²) in [6, 6.07) is 17.0. The van der Waals surface area contributed by atoms with E-state index in [0.717, 1.165) is 11.3 Å². The minimum Gasteiger partial charge on any atom is -0.492 e. The van der Waals surface area contributed by atoms with E-state index in [0.29, 0.717) is 25.3 Å². The van der Waals surface area contributed by atoms with Crippen molar-refractivity contribution in [2.24, 2.45) is 0 Å². The second-order valence-corrected chi connectivity index (χ2v) is 5.21. The molecule has 0 spiro atoms. The molecule has 0 bridgehead atoms. The summed E-state index contributed by atoms with van der Waals surface area (Å²) in [4.78, 5) is 16.0. The minimum absolute atomic E-state index is 0.112. The molecule has 6 nitrogen and oxygen atoms in total. The van der Waals surface area contributed by atoms with Gasteiger partial charge in [0.25, 0.3) is 5.91 Å². The zero-order chi connectivity index (χ0) is 16.6. The second kappa shape index (κ2) is 7.92. The van der Waals surface area contributed by atoms with Crippen LogP contribution < -0.4 is 10.1 Å². The largest absolute Gasteiger partial charge is 0.492 e. The summed E-state index contributed by atoms with van der Waals surface area (Å²) in [5, 5.41) is 6.90. The Morgan fingerprint density at radius 1 is 1.08 bits per heavy atom. The third-order valence-electron chi connectivity index (χ3n) is 3.43. The molecule has 2 aromatic carbocycles. The van der Waals surface area contributed by atoms with Crippen molar-refractivity contribution in [3.8, 4) is 5.75 Å². The monoisotopic (exact) mass is 322 g/mol. The highest BCUT2D eigenvalue weighted by atomic mass is 16.5. The van der Waals surface area contributed by atoms with Crippen molar-refractivity contribution in [1.29, 1.82) is 0 Å². The van der Waals surface area contributed by atoms with Crippen LogP contribution in [-0.4, -0.2) is 33.8 Å². The summed E-state index contributed by atoms with van der Waals surface area (Å²) < 4.78 is 7.27.